The number of hydrogen-bond donors (Lipinski definition) is 1. The minimum absolute atomic E-state index is 0.234. The molecule has 0 unspecified atom stereocenters. The quantitative estimate of drug-likeness (QED) is 0.836. The molecule has 0 saturated carbocycles. The molecule has 0 aliphatic heterocycles. The number of nitrogens with two attached hydrogens (primary N) is 1. The third kappa shape index (κ3) is 5.18. The van der Waals surface area contributed by atoms with Crippen LogP contribution in [-0.2, 0) is 12.2 Å². The maximum Gasteiger partial charge on any atom is 0.226 e. The lowest BCUT2D eigenvalue weighted by molar-refractivity contribution is 0.372. The summed E-state index contributed by atoms with van der Waals surface area (Å²) in [4.78, 5) is 4.30. The van der Waals surface area contributed by atoms with Crippen molar-refractivity contribution in [2.24, 2.45) is 5.73 Å². The van der Waals surface area contributed by atoms with E-state index in [1.54, 1.807) is 0 Å². The monoisotopic (exact) mass is 229 g/mol. The predicted octanol–water partition coefficient (Wildman–Crippen LogP) is 1.99. The van der Waals surface area contributed by atoms with Gasteiger partial charge in [-0.3, -0.25) is 0 Å². The highest BCUT2D eigenvalue weighted by molar-refractivity contribution is 7.99. The molecular weight excluding hydrogens is 210 g/mol. The largest absolute Gasteiger partial charge is 0.339 e. The van der Waals surface area contributed by atoms with Crippen LogP contribution in [0.25, 0.3) is 0 Å². The SMILES string of the molecule is CC(C)(C)SCc1noc(CCCN)n1. The van der Waals surface area contributed by atoms with E-state index in [2.05, 4.69) is 30.9 Å². The van der Waals surface area contributed by atoms with Gasteiger partial charge in [-0.05, 0) is 13.0 Å². The third-order valence-electron chi connectivity index (χ3n) is 1.74. The average Bonchev–Trinajstić information content (AvgIpc) is 2.58. The molecule has 0 saturated heterocycles. The summed E-state index contributed by atoms with van der Waals surface area (Å²) in [6.07, 6.45) is 1.68. The zero-order valence-electron chi connectivity index (χ0n) is 9.62. The van der Waals surface area contributed by atoms with E-state index in [4.69, 9.17) is 10.3 Å². The van der Waals surface area contributed by atoms with Crippen molar-refractivity contribution in [3.05, 3.63) is 11.7 Å². The molecule has 2 N–H and O–H groups in total. The van der Waals surface area contributed by atoms with Gasteiger partial charge in [0.05, 0.1) is 5.75 Å². The first-order valence-corrected chi connectivity index (χ1v) is 6.15. The molecule has 0 bridgehead atoms. The number of rotatable bonds is 5. The molecule has 1 rings (SSSR count). The van der Waals surface area contributed by atoms with E-state index in [0.29, 0.717) is 12.4 Å². The molecule has 0 radical (unpaired) electrons. The molecule has 1 aromatic heterocycles. The molecule has 0 atom stereocenters. The van der Waals surface area contributed by atoms with E-state index in [1.165, 1.54) is 0 Å². The summed E-state index contributed by atoms with van der Waals surface area (Å²) in [6.45, 7) is 7.18. The molecule has 0 aliphatic carbocycles. The second-order valence-corrected chi connectivity index (χ2v) is 6.20. The number of hydrogen-bond acceptors (Lipinski definition) is 5. The van der Waals surface area contributed by atoms with Gasteiger partial charge < -0.3 is 10.3 Å². The maximum atomic E-state index is 5.40. The van der Waals surface area contributed by atoms with Crippen LogP contribution in [0.1, 0.15) is 38.9 Å². The number of aryl methyl sites for hydroxylation is 1. The third-order valence-corrected chi connectivity index (χ3v) is 3.01. The van der Waals surface area contributed by atoms with Gasteiger partial charge in [0.2, 0.25) is 5.89 Å². The Kier molecular flexibility index (Phi) is 4.60. The van der Waals surface area contributed by atoms with Crippen molar-refractivity contribution >= 4 is 11.8 Å². The van der Waals surface area contributed by atoms with Crippen LogP contribution in [0.5, 0.6) is 0 Å². The van der Waals surface area contributed by atoms with Crippen molar-refractivity contribution in [2.75, 3.05) is 6.54 Å². The Labute approximate surface area is 95.0 Å². The summed E-state index contributed by atoms with van der Waals surface area (Å²) in [5, 5.41) is 3.92. The number of aromatic nitrogens is 2. The highest BCUT2D eigenvalue weighted by Gasteiger charge is 2.13. The van der Waals surface area contributed by atoms with Crippen molar-refractivity contribution < 1.29 is 4.52 Å². The molecule has 0 amide bonds. The van der Waals surface area contributed by atoms with Gasteiger partial charge in [0.1, 0.15) is 0 Å². The van der Waals surface area contributed by atoms with Crippen LogP contribution in [-0.4, -0.2) is 21.4 Å². The van der Waals surface area contributed by atoms with Crippen LogP contribution in [0.15, 0.2) is 4.52 Å². The fourth-order valence-electron chi connectivity index (χ4n) is 0.985. The highest BCUT2D eigenvalue weighted by atomic mass is 32.2. The molecule has 15 heavy (non-hydrogen) atoms. The first-order valence-electron chi connectivity index (χ1n) is 5.17. The second-order valence-electron chi connectivity index (χ2n) is 4.40. The molecule has 0 aromatic carbocycles. The second kappa shape index (κ2) is 5.51. The normalized spacial score (nSPS) is 12.0. The van der Waals surface area contributed by atoms with Crippen LogP contribution >= 0.6 is 11.8 Å². The van der Waals surface area contributed by atoms with Gasteiger partial charge in [-0.25, -0.2) is 0 Å². The van der Waals surface area contributed by atoms with E-state index in [1.807, 2.05) is 11.8 Å². The zero-order valence-corrected chi connectivity index (χ0v) is 10.4. The molecule has 86 valence electrons. The Morgan fingerprint density at radius 3 is 2.73 bits per heavy atom. The molecule has 5 heteroatoms. The first-order chi connectivity index (χ1) is 7.01. The highest BCUT2D eigenvalue weighted by Crippen LogP contribution is 2.26. The summed E-state index contributed by atoms with van der Waals surface area (Å²) in [7, 11) is 0. The van der Waals surface area contributed by atoms with Crippen molar-refractivity contribution in [2.45, 2.75) is 44.1 Å². The van der Waals surface area contributed by atoms with Crippen molar-refractivity contribution in [1.29, 1.82) is 0 Å². The fraction of sp³-hybridized carbons (Fsp3) is 0.800. The Morgan fingerprint density at radius 2 is 2.13 bits per heavy atom. The summed E-state index contributed by atoms with van der Waals surface area (Å²) in [6, 6.07) is 0. The van der Waals surface area contributed by atoms with Gasteiger partial charge in [0.15, 0.2) is 5.82 Å². The van der Waals surface area contributed by atoms with Crippen LogP contribution < -0.4 is 5.73 Å². The molecule has 0 aliphatic rings. The van der Waals surface area contributed by atoms with Crippen molar-refractivity contribution in [3.8, 4) is 0 Å². The first kappa shape index (κ1) is 12.5. The summed E-state index contributed by atoms with van der Waals surface area (Å²) in [5.74, 6) is 2.28. The molecule has 0 fully saturated rings. The topological polar surface area (TPSA) is 64.9 Å². The Balaban J connectivity index is 2.39. The van der Waals surface area contributed by atoms with Gasteiger partial charge >= 0.3 is 0 Å². The van der Waals surface area contributed by atoms with Gasteiger partial charge in [0, 0.05) is 11.2 Å². The van der Waals surface area contributed by atoms with E-state index >= 15 is 0 Å². The van der Waals surface area contributed by atoms with Crippen LogP contribution in [0.4, 0.5) is 0 Å². The van der Waals surface area contributed by atoms with E-state index in [9.17, 15) is 0 Å². The minimum Gasteiger partial charge on any atom is -0.339 e. The molecule has 1 heterocycles. The van der Waals surface area contributed by atoms with Gasteiger partial charge in [-0.2, -0.15) is 4.98 Å². The lowest BCUT2D eigenvalue weighted by Crippen LogP contribution is -2.07. The fourth-order valence-corrected chi connectivity index (χ4v) is 1.66. The Hall–Kier alpha value is -0.550. The number of nitrogens with zero attached hydrogens (tertiary/aromatic N) is 2. The molecule has 1 aromatic rings. The van der Waals surface area contributed by atoms with Gasteiger partial charge in [0.25, 0.3) is 0 Å². The van der Waals surface area contributed by atoms with Crippen LogP contribution in [0, 0.1) is 0 Å². The minimum atomic E-state index is 0.234. The molecule has 4 nitrogen and oxygen atoms in total. The average molecular weight is 229 g/mol. The van der Waals surface area contributed by atoms with Gasteiger partial charge in [-0.15, -0.1) is 11.8 Å². The predicted molar refractivity (Wildman–Crippen MR) is 62.7 cm³/mol. The standard InChI is InChI=1S/C10H19N3OS/c1-10(2,3)15-7-8-12-9(14-13-8)5-4-6-11/h4-7,11H2,1-3H3. The smallest absolute Gasteiger partial charge is 0.226 e. The van der Waals surface area contributed by atoms with E-state index < -0.39 is 0 Å². The van der Waals surface area contributed by atoms with Crippen LogP contribution in [0.3, 0.4) is 0 Å². The lowest BCUT2D eigenvalue weighted by Gasteiger charge is -2.15. The van der Waals surface area contributed by atoms with Gasteiger partial charge in [-0.1, -0.05) is 25.9 Å². The van der Waals surface area contributed by atoms with E-state index in [-0.39, 0.29) is 4.75 Å². The van der Waals surface area contributed by atoms with Crippen molar-refractivity contribution in [1.82, 2.24) is 10.1 Å². The number of thioether (sulfide) groups is 1. The molecule has 0 spiro atoms. The Morgan fingerprint density at radius 1 is 1.40 bits per heavy atom. The van der Waals surface area contributed by atoms with Crippen molar-refractivity contribution in [3.63, 3.8) is 0 Å². The molecular formula is C10H19N3OS. The summed E-state index contributed by atoms with van der Waals surface area (Å²) < 4.78 is 5.34. The zero-order chi connectivity index (χ0) is 11.3. The van der Waals surface area contributed by atoms with E-state index in [0.717, 1.165) is 24.4 Å². The maximum absolute atomic E-state index is 5.40. The van der Waals surface area contributed by atoms with Crippen LogP contribution in [0.2, 0.25) is 0 Å². The summed E-state index contributed by atoms with van der Waals surface area (Å²) in [5.41, 5.74) is 5.40. The Bertz CT molecular complexity index is 293. The lowest BCUT2D eigenvalue weighted by atomic mass is 10.3. The summed E-state index contributed by atoms with van der Waals surface area (Å²) >= 11 is 1.81.